The number of nitrogens with one attached hydrogen (secondary N) is 1. The van der Waals surface area contributed by atoms with Crippen LogP contribution >= 0.6 is 11.6 Å². The smallest absolute Gasteiger partial charge is 0.256 e. The van der Waals surface area contributed by atoms with Crippen LogP contribution in [0.15, 0.2) is 17.3 Å². The maximum atomic E-state index is 12.2. The van der Waals surface area contributed by atoms with Gasteiger partial charge in [0.1, 0.15) is 0 Å². The summed E-state index contributed by atoms with van der Waals surface area (Å²) in [4.78, 5) is 0. The number of rotatable bonds is 5. The Labute approximate surface area is 114 Å². The second-order valence-electron chi connectivity index (χ2n) is 5.31. The zero-order valence-corrected chi connectivity index (χ0v) is 12.7. The van der Waals surface area contributed by atoms with Crippen LogP contribution in [0, 0.1) is 5.41 Å². The van der Waals surface area contributed by atoms with Gasteiger partial charge < -0.3 is 0 Å². The number of aromatic nitrogens is 2. The lowest BCUT2D eigenvalue weighted by Gasteiger charge is -2.30. The lowest BCUT2D eigenvalue weighted by Crippen LogP contribution is -2.44. The molecule has 1 atom stereocenters. The maximum absolute atomic E-state index is 12.2. The fourth-order valence-corrected chi connectivity index (χ4v) is 3.47. The Kier molecular flexibility index (Phi) is 4.80. The Hall–Kier alpha value is -0.590. The van der Waals surface area contributed by atoms with Gasteiger partial charge in [-0.25, -0.2) is 13.1 Å². The minimum Gasteiger partial charge on any atom is -0.256 e. The summed E-state index contributed by atoms with van der Waals surface area (Å²) in [6, 6.07) is 1.26. The van der Waals surface area contributed by atoms with Crippen LogP contribution in [0.2, 0.25) is 0 Å². The van der Waals surface area contributed by atoms with E-state index in [4.69, 9.17) is 11.6 Å². The zero-order valence-electron chi connectivity index (χ0n) is 11.1. The molecule has 0 aliphatic heterocycles. The summed E-state index contributed by atoms with van der Waals surface area (Å²) >= 11 is 5.73. The van der Waals surface area contributed by atoms with Gasteiger partial charge in [0.15, 0.2) is 5.03 Å². The lowest BCUT2D eigenvalue weighted by atomic mass is 9.86. The van der Waals surface area contributed by atoms with E-state index >= 15 is 0 Å². The van der Waals surface area contributed by atoms with E-state index in [1.807, 2.05) is 20.8 Å². The molecule has 1 unspecified atom stereocenters. The molecule has 1 N–H and O–H groups in total. The predicted octanol–water partition coefficient (Wildman–Crippen LogP) is 1.74. The largest absolute Gasteiger partial charge is 0.257 e. The molecule has 0 fully saturated rings. The molecule has 0 spiro atoms. The highest BCUT2D eigenvalue weighted by Gasteiger charge is 2.30. The summed E-state index contributed by atoms with van der Waals surface area (Å²) in [6.45, 7) is 5.95. The van der Waals surface area contributed by atoms with E-state index in [0.717, 1.165) is 0 Å². The molecule has 1 rings (SSSR count). The highest BCUT2D eigenvalue weighted by atomic mass is 35.5. The Morgan fingerprint density at radius 3 is 2.50 bits per heavy atom. The molecule has 7 heteroatoms. The summed E-state index contributed by atoms with van der Waals surface area (Å²) in [7, 11) is -1.96. The van der Waals surface area contributed by atoms with E-state index in [0.29, 0.717) is 12.3 Å². The minimum absolute atomic E-state index is 0.159. The van der Waals surface area contributed by atoms with Crippen molar-refractivity contribution in [2.45, 2.75) is 38.3 Å². The summed E-state index contributed by atoms with van der Waals surface area (Å²) < 4.78 is 28.5. The summed E-state index contributed by atoms with van der Waals surface area (Å²) in [5, 5.41) is 4.03. The number of halogens is 1. The SMILES string of the molecule is Cn1nccc1S(=O)(=O)NC(CCCl)C(C)(C)C. The van der Waals surface area contributed by atoms with E-state index in [1.165, 1.54) is 16.9 Å². The molecule has 1 heterocycles. The number of hydrogen-bond donors (Lipinski definition) is 1. The van der Waals surface area contributed by atoms with Crippen LogP contribution in [0.5, 0.6) is 0 Å². The average molecular weight is 294 g/mol. The third-order valence-electron chi connectivity index (χ3n) is 2.79. The standard InChI is InChI=1S/C11H20ClN3O2S/c1-11(2,3)9(5-7-12)14-18(16,17)10-6-8-13-15(10)4/h6,8-9,14H,5,7H2,1-4H3. The molecular formula is C11H20ClN3O2S. The zero-order chi connectivity index (χ0) is 14.0. The van der Waals surface area contributed by atoms with Crippen molar-refractivity contribution in [3.8, 4) is 0 Å². The molecule has 0 amide bonds. The van der Waals surface area contributed by atoms with Crippen molar-refractivity contribution in [3.05, 3.63) is 12.3 Å². The fourth-order valence-electron chi connectivity index (χ4n) is 1.65. The van der Waals surface area contributed by atoms with Crippen molar-refractivity contribution in [1.29, 1.82) is 0 Å². The van der Waals surface area contributed by atoms with Crippen molar-refractivity contribution < 1.29 is 8.42 Å². The molecule has 0 saturated carbocycles. The van der Waals surface area contributed by atoms with Gasteiger partial charge in [-0.1, -0.05) is 20.8 Å². The van der Waals surface area contributed by atoms with Crippen molar-refractivity contribution in [1.82, 2.24) is 14.5 Å². The summed E-state index contributed by atoms with van der Waals surface area (Å²) in [6.07, 6.45) is 2.05. The third-order valence-corrected chi connectivity index (χ3v) is 4.56. The van der Waals surface area contributed by atoms with E-state index in [1.54, 1.807) is 7.05 Å². The Bertz CT molecular complexity index is 491. The first-order valence-electron chi connectivity index (χ1n) is 5.75. The molecule has 1 aromatic rings. The highest BCUT2D eigenvalue weighted by molar-refractivity contribution is 7.89. The summed E-state index contributed by atoms with van der Waals surface area (Å²) in [5.41, 5.74) is -0.194. The number of hydrogen-bond acceptors (Lipinski definition) is 3. The van der Waals surface area contributed by atoms with E-state index < -0.39 is 10.0 Å². The number of nitrogens with zero attached hydrogens (tertiary/aromatic N) is 2. The van der Waals surface area contributed by atoms with Gasteiger partial charge >= 0.3 is 0 Å². The van der Waals surface area contributed by atoms with Crippen LogP contribution in [-0.2, 0) is 17.1 Å². The molecule has 0 aliphatic carbocycles. The minimum atomic E-state index is -3.56. The lowest BCUT2D eigenvalue weighted by molar-refractivity contribution is 0.292. The van der Waals surface area contributed by atoms with Gasteiger partial charge in [-0.2, -0.15) is 5.10 Å². The topological polar surface area (TPSA) is 64.0 Å². The Morgan fingerprint density at radius 2 is 2.11 bits per heavy atom. The molecule has 1 aromatic heterocycles. The first-order chi connectivity index (χ1) is 8.18. The van der Waals surface area contributed by atoms with Crippen LogP contribution in [0.25, 0.3) is 0 Å². The molecule has 104 valence electrons. The molecular weight excluding hydrogens is 274 g/mol. The predicted molar refractivity (Wildman–Crippen MR) is 72.1 cm³/mol. The van der Waals surface area contributed by atoms with Gasteiger partial charge in [0.2, 0.25) is 0 Å². The molecule has 0 aliphatic rings. The molecule has 0 bridgehead atoms. The van der Waals surface area contributed by atoms with Gasteiger partial charge in [-0.05, 0) is 17.9 Å². The first kappa shape index (κ1) is 15.5. The Balaban J connectivity index is 2.97. The van der Waals surface area contributed by atoms with Gasteiger partial charge in [0, 0.05) is 19.0 Å². The fraction of sp³-hybridized carbons (Fsp3) is 0.727. The van der Waals surface area contributed by atoms with Crippen molar-refractivity contribution in [2.24, 2.45) is 12.5 Å². The average Bonchev–Trinajstić information content (AvgIpc) is 2.63. The molecule has 18 heavy (non-hydrogen) atoms. The monoisotopic (exact) mass is 293 g/mol. The van der Waals surface area contributed by atoms with Gasteiger partial charge in [0.05, 0.1) is 6.20 Å². The van der Waals surface area contributed by atoms with Gasteiger partial charge in [-0.15, -0.1) is 11.6 Å². The molecule has 0 radical (unpaired) electrons. The number of alkyl halides is 1. The van der Waals surface area contributed by atoms with Crippen LogP contribution < -0.4 is 4.72 Å². The van der Waals surface area contributed by atoms with E-state index in [9.17, 15) is 8.42 Å². The van der Waals surface area contributed by atoms with Crippen molar-refractivity contribution in [2.75, 3.05) is 5.88 Å². The molecule has 0 saturated heterocycles. The highest BCUT2D eigenvalue weighted by Crippen LogP contribution is 2.24. The van der Waals surface area contributed by atoms with Crippen LogP contribution in [0.1, 0.15) is 27.2 Å². The number of aryl methyl sites for hydroxylation is 1. The van der Waals surface area contributed by atoms with Gasteiger partial charge in [0.25, 0.3) is 10.0 Å². The van der Waals surface area contributed by atoms with E-state index in [-0.39, 0.29) is 16.5 Å². The van der Waals surface area contributed by atoms with Crippen molar-refractivity contribution >= 4 is 21.6 Å². The quantitative estimate of drug-likeness (QED) is 0.841. The third kappa shape index (κ3) is 3.70. The van der Waals surface area contributed by atoms with Crippen LogP contribution in [-0.4, -0.2) is 30.1 Å². The molecule has 5 nitrogen and oxygen atoms in total. The normalized spacial score (nSPS) is 14.7. The second kappa shape index (κ2) is 5.59. The van der Waals surface area contributed by atoms with Gasteiger partial charge in [-0.3, -0.25) is 4.68 Å². The molecule has 0 aromatic carbocycles. The van der Waals surface area contributed by atoms with Crippen LogP contribution in [0.3, 0.4) is 0 Å². The Morgan fingerprint density at radius 1 is 1.50 bits per heavy atom. The second-order valence-corrected chi connectivity index (χ2v) is 7.35. The number of sulfonamides is 1. The summed E-state index contributed by atoms with van der Waals surface area (Å²) in [5.74, 6) is 0.413. The first-order valence-corrected chi connectivity index (χ1v) is 7.76. The van der Waals surface area contributed by atoms with Crippen LogP contribution in [0.4, 0.5) is 0 Å². The van der Waals surface area contributed by atoms with Crippen molar-refractivity contribution in [3.63, 3.8) is 0 Å². The van der Waals surface area contributed by atoms with E-state index in [2.05, 4.69) is 9.82 Å². The maximum Gasteiger partial charge on any atom is 0.257 e.